The van der Waals surface area contributed by atoms with Crippen molar-refractivity contribution in [2.75, 3.05) is 5.32 Å². The Bertz CT molecular complexity index is 711. The average molecular weight is 342 g/mol. The first kappa shape index (κ1) is 17.6. The maximum atomic E-state index is 12.4. The van der Waals surface area contributed by atoms with E-state index in [-0.39, 0.29) is 11.8 Å². The Hall–Kier alpha value is -2.21. The molecule has 0 radical (unpaired) electrons. The van der Waals surface area contributed by atoms with Crippen molar-refractivity contribution in [2.45, 2.75) is 52.5 Å². The Balaban J connectivity index is 1.64. The van der Waals surface area contributed by atoms with E-state index in [9.17, 15) is 4.79 Å². The molecule has 2 aromatic heterocycles. The van der Waals surface area contributed by atoms with Gasteiger partial charge in [0.15, 0.2) is 0 Å². The van der Waals surface area contributed by atoms with Crippen LogP contribution in [0.15, 0.2) is 22.9 Å². The van der Waals surface area contributed by atoms with Crippen LogP contribution in [-0.2, 0) is 4.79 Å². The standard InChI is InChI=1S/C19H26N4O2/c1-11-4-6-14(7-5-11)18(20)19(24)22-16-9-8-15(10-21-16)17-12(2)23-25-13(17)3/h8-11,14,18H,4-7,20H2,1-3H3,(H,21,22,24)/t11?,14?,18-/m0/s1. The summed E-state index contributed by atoms with van der Waals surface area (Å²) < 4.78 is 5.19. The molecule has 1 saturated carbocycles. The van der Waals surface area contributed by atoms with Gasteiger partial charge in [-0.15, -0.1) is 0 Å². The van der Waals surface area contributed by atoms with Crippen molar-refractivity contribution in [1.29, 1.82) is 0 Å². The number of aryl methyl sites for hydroxylation is 2. The van der Waals surface area contributed by atoms with Crippen LogP contribution >= 0.6 is 0 Å². The summed E-state index contributed by atoms with van der Waals surface area (Å²) in [6.45, 7) is 6.02. The Labute approximate surface area is 148 Å². The Kier molecular flexibility index (Phi) is 5.18. The van der Waals surface area contributed by atoms with Gasteiger partial charge in [0.2, 0.25) is 5.91 Å². The van der Waals surface area contributed by atoms with Gasteiger partial charge in [0.25, 0.3) is 0 Å². The van der Waals surface area contributed by atoms with E-state index in [1.54, 1.807) is 12.3 Å². The molecule has 0 bridgehead atoms. The van der Waals surface area contributed by atoms with Crippen molar-refractivity contribution in [3.63, 3.8) is 0 Å². The predicted molar refractivity (Wildman–Crippen MR) is 96.9 cm³/mol. The number of carbonyl (C=O) groups excluding carboxylic acids is 1. The quantitative estimate of drug-likeness (QED) is 0.887. The number of nitrogens with two attached hydrogens (primary N) is 1. The second kappa shape index (κ2) is 7.35. The van der Waals surface area contributed by atoms with E-state index in [4.69, 9.17) is 10.3 Å². The highest BCUT2D eigenvalue weighted by Crippen LogP contribution is 2.30. The SMILES string of the molecule is Cc1noc(C)c1-c1ccc(NC(=O)[C@@H](N)C2CCC(C)CC2)nc1. The number of amides is 1. The number of hydrogen-bond donors (Lipinski definition) is 2. The van der Waals surface area contributed by atoms with Crippen LogP contribution in [0.3, 0.4) is 0 Å². The number of carbonyl (C=O) groups is 1. The van der Waals surface area contributed by atoms with Gasteiger partial charge in [0.1, 0.15) is 11.6 Å². The largest absolute Gasteiger partial charge is 0.361 e. The molecule has 25 heavy (non-hydrogen) atoms. The molecule has 3 N–H and O–H groups in total. The molecule has 134 valence electrons. The summed E-state index contributed by atoms with van der Waals surface area (Å²) in [5, 5.41) is 6.79. The van der Waals surface area contributed by atoms with Gasteiger partial charge in [-0.05, 0) is 50.7 Å². The number of anilines is 1. The number of nitrogens with zero attached hydrogens (tertiary/aromatic N) is 2. The molecular weight excluding hydrogens is 316 g/mol. The highest BCUT2D eigenvalue weighted by atomic mass is 16.5. The van der Waals surface area contributed by atoms with Crippen LogP contribution in [0.25, 0.3) is 11.1 Å². The molecule has 1 atom stereocenters. The first-order valence-electron chi connectivity index (χ1n) is 8.91. The van der Waals surface area contributed by atoms with Gasteiger partial charge in [-0.2, -0.15) is 0 Å². The third-order valence-corrected chi connectivity index (χ3v) is 5.21. The Morgan fingerprint density at radius 1 is 1.28 bits per heavy atom. The molecule has 1 aliphatic carbocycles. The van der Waals surface area contributed by atoms with Crippen LogP contribution < -0.4 is 11.1 Å². The third-order valence-electron chi connectivity index (χ3n) is 5.21. The molecule has 6 nitrogen and oxygen atoms in total. The predicted octanol–water partition coefficient (Wildman–Crippen LogP) is 3.45. The van der Waals surface area contributed by atoms with Gasteiger partial charge < -0.3 is 15.6 Å². The molecule has 6 heteroatoms. The van der Waals surface area contributed by atoms with E-state index >= 15 is 0 Å². The van der Waals surface area contributed by atoms with Crippen LogP contribution in [0.5, 0.6) is 0 Å². The summed E-state index contributed by atoms with van der Waals surface area (Å²) in [5.41, 5.74) is 8.85. The molecule has 0 spiro atoms. The van der Waals surface area contributed by atoms with E-state index in [2.05, 4.69) is 22.4 Å². The summed E-state index contributed by atoms with van der Waals surface area (Å²) in [5.74, 6) is 2.12. The zero-order valence-electron chi connectivity index (χ0n) is 15.1. The fraction of sp³-hybridized carbons (Fsp3) is 0.526. The lowest BCUT2D eigenvalue weighted by Gasteiger charge is -2.29. The lowest BCUT2D eigenvalue weighted by molar-refractivity contribution is -0.118. The number of nitrogens with one attached hydrogen (secondary N) is 1. The maximum absolute atomic E-state index is 12.4. The molecule has 0 aromatic carbocycles. The lowest BCUT2D eigenvalue weighted by atomic mass is 9.79. The summed E-state index contributed by atoms with van der Waals surface area (Å²) in [4.78, 5) is 16.8. The molecule has 1 aliphatic rings. The van der Waals surface area contributed by atoms with E-state index in [1.165, 1.54) is 0 Å². The van der Waals surface area contributed by atoms with E-state index < -0.39 is 6.04 Å². The molecule has 2 aromatic rings. The topological polar surface area (TPSA) is 94.0 Å². The van der Waals surface area contributed by atoms with Gasteiger partial charge in [-0.25, -0.2) is 4.98 Å². The van der Waals surface area contributed by atoms with Gasteiger partial charge in [0, 0.05) is 17.3 Å². The fourth-order valence-corrected chi connectivity index (χ4v) is 3.58. The molecule has 3 rings (SSSR count). The van der Waals surface area contributed by atoms with Crippen LogP contribution in [0.2, 0.25) is 0 Å². The van der Waals surface area contributed by atoms with Crippen LogP contribution in [0, 0.1) is 25.7 Å². The zero-order valence-corrected chi connectivity index (χ0v) is 15.1. The van der Waals surface area contributed by atoms with Crippen molar-refractivity contribution in [1.82, 2.24) is 10.1 Å². The van der Waals surface area contributed by atoms with Crippen molar-refractivity contribution >= 4 is 11.7 Å². The summed E-state index contributed by atoms with van der Waals surface area (Å²) in [7, 11) is 0. The van der Waals surface area contributed by atoms with Gasteiger partial charge in [0.05, 0.1) is 11.7 Å². The zero-order chi connectivity index (χ0) is 18.0. The van der Waals surface area contributed by atoms with Crippen LogP contribution in [-0.4, -0.2) is 22.1 Å². The first-order chi connectivity index (χ1) is 12.0. The van der Waals surface area contributed by atoms with Gasteiger partial charge in [-0.1, -0.05) is 24.9 Å². The number of hydrogen-bond acceptors (Lipinski definition) is 5. The highest BCUT2D eigenvalue weighted by molar-refractivity contribution is 5.94. The average Bonchev–Trinajstić information content (AvgIpc) is 2.94. The molecule has 0 aliphatic heterocycles. The molecule has 1 amide bonds. The van der Waals surface area contributed by atoms with Gasteiger partial charge >= 0.3 is 0 Å². The van der Waals surface area contributed by atoms with E-state index in [0.717, 1.165) is 54.2 Å². The van der Waals surface area contributed by atoms with E-state index in [1.807, 2.05) is 19.9 Å². The maximum Gasteiger partial charge on any atom is 0.242 e. The monoisotopic (exact) mass is 342 g/mol. The fourth-order valence-electron chi connectivity index (χ4n) is 3.58. The Morgan fingerprint density at radius 3 is 2.56 bits per heavy atom. The number of pyridine rings is 1. The molecule has 1 fully saturated rings. The first-order valence-corrected chi connectivity index (χ1v) is 8.91. The highest BCUT2D eigenvalue weighted by Gasteiger charge is 2.28. The molecule has 0 saturated heterocycles. The lowest BCUT2D eigenvalue weighted by Crippen LogP contribution is -2.43. The minimum atomic E-state index is -0.475. The minimum Gasteiger partial charge on any atom is -0.361 e. The number of aromatic nitrogens is 2. The second-order valence-corrected chi connectivity index (χ2v) is 7.17. The van der Waals surface area contributed by atoms with Crippen molar-refractivity contribution in [3.8, 4) is 11.1 Å². The summed E-state index contributed by atoms with van der Waals surface area (Å²) in [6.07, 6.45) is 6.06. The summed E-state index contributed by atoms with van der Waals surface area (Å²) >= 11 is 0. The number of rotatable bonds is 4. The molecule has 2 heterocycles. The smallest absolute Gasteiger partial charge is 0.242 e. The van der Waals surface area contributed by atoms with Crippen LogP contribution in [0.1, 0.15) is 44.1 Å². The van der Waals surface area contributed by atoms with Crippen LogP contribution in [0.4, 0.5) is 5.82 Å². The van der Waals surface area contributed by atoms with Crippen molar-refractivity contribution < 1.29 is 9.32 Å². The van der Waals surface area contributed by atoms with E-state index in [0.29, 0.717) is 5.82 Å². The molecule has 0 unspecified atom stereocenters. The normalized spacial score (nSPS) is 21.8. The second-order valence-electron chi connectivity index (χ2n) is 7.17. The summed E-state index contributed by atoms with van der Waals surface area (Å²) in [6, 6.07) is 3.22. The van der Waals surface area contributed by atoms with Gasteiger partial charge in [-0.3, -0.25) is 4.79 Å². The molecular formula is C19H26N4O2. The Morgan fingerprint density at radius 2 is 2.00 bits per heavy atom. The van der Waals surface area contributed by atoms with Crippen molar-refractivity contribution in [3.05, 3.63) is 29.8 Å². The minimum absolute atomic E-state index is 0.155. The van der Waals surface area contributed by atoms with Crippen molar-refractivity contribution in [2.24, 2.45) is 17.6 Å². The third kappa shape index (κ3) is 3.90.